The minimum absolute atomic E-state index is 0.0982. The van der Waals surface area contributed by atoms with E-state index in [4.69, 9.17) is 9.15 Å². The van der Waals surface area contributed by atoms with Crippen molar-refractivity contribution in [3.63, 3.8) is 0 Å². The second-order valence-electron chi connectivity index (χ2n) is 5.91. The standard InChI is InChI=1S/C20H14F4O3S/c1-10-7-14(11(2)28-10)17(25)6-5-12-3-4-13(27-12)9-26-20-18(23)15(21)8-16(22)19(20)24/h3-8H,9H2,1-2H3/b6-5+. The van der Waals surface area contributed by atoms with Crippen LogP contribution >= 0.6 is 11.3 Å². The molecule has 0 atom stereocenters. The first-order chi connectivity index (χ1) is 13.3. The van der Waals surface area contributed by atoms with Gasteiger partial charge in [-0.25, -0.2) is 8.78 Å². The largest absolute Gasteiger partial charge is 0.479 e. The van der Waals surface area contributed by atoms with Crippen molar-refractivity contribution in [1.82, 2.24) is 0 Å². The number of aryl methyl sites for hydroxylation is 2. The van der Waals surface area contributed by atoms with Gasteiger partial charge in [-0.1, -0.05) is 0 Å². The Balaban J connectivity index is 1.68. The van der Waals surface area contributed by atoms with Crippen LogP contribution in [-0.4, -0.2) is 5.78 Å². The van der Waals surface area contributed by atoms with Gasteiger partial charge in [0.15, 0.2) is 23.2 Å². The molecule has 0 aliphatic heterocycles. The molecule has 28 heavy (non-hydrogen) atoms. The van der Waals surface area contributed by atoms with Crippen LogP contribution in [0.4, 0.5) is 17.6 Å². The normalized spacial score (nSPS) is 11.4. The fourth-order valence-electron chi connectivity index (χ4n) is 2.51. The highest BCUT2D eigenvalue weighted by molar-refractivity contribution is 7.12. The van der Waals surface area contributed by atoms with E-state index in [9.17, 15) is 22.4 Å². The Labute approximate surface area is 161 Å². The summed E-state index contributed by atoms with van der Waals surface area (Å²) >= 11 is 1.52. The van der Waals surface area contributed by atoms with Gasteiger partial charge in [0.1, 0.15) is 18.1 Å². The van der Waals surface area contributed by atoms with Crippen molar-refractivity contribution < 1.29 is 31.5 Å². The van der Waals surface area contributed by atoms with Crippen molar-refractivity contribution >= 4 is 23.2 Å². The molecule has 2 heterocycles. The lowest BCUT2D eigenvalue weighted by molar-refractivity contribution is 0.104. The number of hydrogen-bond acceptors (Lipinski definition) is 4. The molecule has 8 heteroatoms. The summed E-state index contributed by atoms with van der Waals surface area (Å²) in [5, 5.41) is 0. The fraction of sp³-hybridized carbons (Fsp3) is 0.150. The third kappa shape index (κ3) is 4.17. The first-order valence-electron chi connectivity index (χ1n) is 8.10. The highest BCUT2D eigenvalue weighted by Gasteiger charge is 2.21. The lowest BCUT2D eigenvalue weighted by atomic mass is 10.1. The van der Waals surface area contributed by atoms with E-state index in [1.165, 1.54) is 35.6 Å². The van der Waals surface area contributed by atoms with Crippen LogP contribution in [0.2, 0.25) is 0 Å². The molecule has 3 nitrogen and oxygen atoms in total. The molecule has 0 aliphatic rings. The highest BCUT2D eigenvalue weighted by atomic mass is 32.1. The Morgan fingerprint density at radius 2 is 1.79 bits per heavy atom. The maximum atomic E-state index is 13.6. The number of allylic oxidation sites excluding steroid dienone is 1. The highest BCUT2D eigenvalue weighted by Crippen LogP contribution is 2.27. The second-order valence-corrected chi connectivity index (χ2v) is 7.37. The van der Waals surface area contributed by atoms with Crippen LogP contribution in [0, 0.1) is 37.1 Å². The van der Waals surface area contributed by atoms with E-state index in [0.29, 0.717) is 11.3 Å². The molecule has 0 N–H and O–H groups in total. The van der Waals surface area contributed by atoms with Crippen molar-refractivity contribution in [2.24, 2.45) is 0 Å². The molecular weight excluding hydrogens is 396 g/mol. The Morgan fingerprint density at radius 1 is 1.11 bits per heavy atom. The molecule has 146 valence electrons. The Bertz CT molecular complexity index is 1040. The first kappa shape index (κ1) is 19.9. The van der Waals surface area contributed by atoms with E-state index in [2.05, 4.69) is 0 Å². The smallest absolute Gasteiger partial charge is 0.203 e. The molecule has 0 saturated carbocycles. The average molecular weight is 410 g/mol. The lowest BCUT2D eigenvalue weighted by Crippen LogP contribution is -2.03. The summed E-state index contributed by atoms with van der Waals surface area (Å²) in [5.41, 5.74) is 0.605. The minimum Gasteiger partial charge on any atom is -0.479 e. The van der Waals surface area contributed by atoms with Gasteiger partial charge >= 0.3 is 0 Å². The van der Waals surface area contributed by atoms with Gasteiger partial charge in [0.2, 0.25) is 11.6 Å². The van der Waals surface area contributed by atoms with Crippen LogP contribution in [0.15, 0.2) is 34.8 Å². The van der Waals surface area contributed by atoms with E-state index >= 15 is 0 Å². The van der Waals surface area contributed by atoms with E-state index < -0.39 is 35.6 Å². The molecule has 2 aromatic heterocycles. The maximum absolute atomic E-state index is 13.6. The molecular formula is C20H14F4O3S. The van der Waals surface area contributed by atoms with Gasteiger partial charge in [-0.3, -0.25) is 4.79 Å². The number of benzene rings is 1. The summed E-state index contributed by atoms with van der Waals surface area (Å²) in [6.45, 7) is 3.31. The third-order valence-electron chi connectivity index (χ3n) is 3.82. The Kier molecular flexibility index (Phi) is 5.69. The predicted molar refractivity (Wildman–Crippen MR) is 96.5 cm³/mol. The van der Waals surface area contributed by atoms with Gasteiger partial charge in [-0.15, -0.1) is 11.3 Å². The number of rotatable bonds is 6. The van der Waals surface area contributed by atoms with Gasteiger partial charge < -0.3 is 9.15 Å². The summed E-state index contributed by atoms with van der Waals surface area (Å²) < 4.78 is 63.7. The van der Waals surface area contributed by atoms with Crippen LogP contribution in [0.3, 0.4) is 0 Å². The summed E-state index contributed by atoms with van der Waals surface area (Å²) in [6, 6.07) is 4.87. The van der Waals surface area contributed by atoms with Crippen LogP contribution in [-0.2, 0) is 6.61 Å². The van der Waals surface area contributed by atoms with Gasteiger partial charge in [-0.2, -0.15) is 8.78 Å². The number of carbonyl (C=O) groups excluding carboxylic acids is 1. The summed E-state index contributed by atoms with van der Waals surface area (Å²) in [6.07, 6.45) is 2.79. The van der Waals surface area contributed by atoms with Gasteiger partial charge in [0.25, 0.3) is 0 Å². The Morgan fingerprint density at radius 3 is 2.39 bits per heavy atom. The molecule has 0 spiro atoms. The van der Waals surface area contributed by atoms with Crippen LogP contribution in [0.5, 0.6) is 5.75 Å². The maximum Gasteiger partial charge on any atom is 0.203 e. The predicted octanol–water partition coefficient (Wildman–Crippen LogP) is 5.99. The SMILES string of the molecule is Cc1cc(C(=O)/C=C/c2ccc(COc3c(F)c(F)cc(F)c3F)o2)c(C)s1. The minimum atomic E-state index is -1.63. The zero-order chi connectivity index (χ0) is 20.4. The average Bonchev–Trinajstić information content (AvgIpc) is 3.23. The van der Waals surface area contributed by atoms with Crippen molar-refractivity contribution in [3.05, 3.63) is 80.4 Å². The fourth-order valence-corrected chi connectivity index (χ4v) is 3.44. The van der Waals surface area contributed by atoms with E-state index in [0.717, 1.165) is 9.75 Å². The molecule has 0 saturated heterocycles. The molecule has 0 aliphatic carbocycles. The number of halogens is 4. The first-order valence-corrected chi connectivity index (χ1v) is 8.92. The molecule has 3 aromatic rings. The van der Waals surface area contributed by atoms with Crippen LogP contribution in [0.1, 0.15) is 31.6 Å². The number of ether oxygens (including phenoxy) is 1. The summed E-state index contributed by atoms with van der Waals surface area (Å²) in [5.74, 6) is -7.26. The monoisotopic (exact) mass is 410 g/mol. The van der Waals surface area contributed by atoms with Gasteiger partial charge in [-0.05, 0) is 44.2 Å². The zero-order valence-corrected chi connectivity index (χ0v) is 15.6. The van der Waals surface area contributed by atoms with E-state index in [1.54, 1.807) is 6.07 Å². The number of ketones is 1. The molecule has 3 rings (SSSR count). The van der Waals surface area contributed by atoms with Crippen molar-refractivity contribution in [2.45, 2.75) is 20.5 Å². The lowest BCUT2D eigenvalue weighted by Gasteiger charge is -2.08. The quantitative estimate of drug-likeness (QED) is 0.217. The zero-order valence-electron chi connectivity index (χ0n) is 14.8. The van der Waals surface area contributed by atoms with Crippen molar-refractivity contribution in [3.8, 4) is 5.75 Å². The topological polar surface area (TPSA) is 39.4 Å². The summed E-state index contributed by atoms with van der Waals surface area (Å²) in [7, 11) is 0. The van der Waals surface area contributed by atoms with Crippen LogP contribution in [0.25, 0.3) is 6.08 Å². The van der Waals surface area contributed by atoms with E-state index in [-0.39, 0.29) is 17.6 Å². The van der Waals surface area contributed by atoms with Gasteiger partial charge in [0.05, 0.1) is 0 Å². The second kappa shape index (κ2) is 8.02. The van der Waals surface area contributed by atoms with Gasteiger partial charge in [0, 0.05) is 21.4 Å². The Hall–Kier alpha value is -2.87. The molecule has 0 bridgehead atoms. The third-order valence-corrected chi connectivity index (χ3v) is 4.78. The molecule has 0 radical (unpaired) electrons. The number of hydrogen-bond donors (Lipinski definition) is 0. The van der Waals surface area contributed by atoms with Crippen molar-refractivity contribution in [1.29, 1.82) is 0 Å². The van der Waals surface area contributed by atoms with Crippen LogP contribution < -0.4 is 4.74 Å². The van der Waals surface area contributed by atoms with Crippen molar-refractivity contribution in [2.75, 3.05) is 0 Å². The molecule has 0 amide bonds. The number of carbonyl (C=O) groups is 1. The molecule has 1 aromatic carbocycles. The summed E-state index contributed by atoms with van der Waals surface area (Å²) in [4.78, 5) is 14.1. The molecule has 0 fully saturated rings. The number of thiophene rings is 1. The van der Waals surface area contributed by atoms with E-state index in [1.807, 2.05) is 13.8 Å². The molecule has 0 unspecified atom stereocenters. The number of furan rings is 1.